The first-order valence-electron chi connectivity index (χ1n) is 5.53. The molecule has 3 nitrogen and oxygen atoms in total. The molecular weight excluding hydrogens is 291 g/mol. The Balaban J connectivity index is 2.21. The van der Waals surface area contributed by atoms with Crippen LogP contribution in [0.3, 0.4) is 0 Å². The van der Waals surface area contributed by atoms with Crippen LogP contribution >= 0.6 is 35.4 Å². The second-order valence-electron chi connectivity index (χ2n) is 4.36. The molecule has 1 amide bonds. The van der Waals surface area contributed by atoms with E-state index in [0.717, 1.165) is 6.42 Å². The highest BCUT2D eigenvalue weighted by atomic mass is 35.5. The van der Waals surface area contributed by atoms with Gasteiger partial charge in [-0.3, -0.25) is 4.79 Å². The fourth-order valence-electron chi connectivity index (χ4n) is 1.96. The van der Waals surface area contributed by atoms with Gasteiger partial charge in [0.2, 0.25) is 5.91 Å². The van der Waals surface area contributed by atoms with Gasteiger partial charge in [0.1, 0.15) is 0 Å². The summed E-state index contributed by atoms with van der Waals surface area (Å²) in [6.07, 6.45) is 2.33. The van der Waals surface area contributed by atoms with Crippen molar-refractivity contribution in [1.82, 2.24) is 0 Å². The summed E-state index contributed by atoms with van der Waals surface area (Å²) in [4.78, 5) is 12.5. The highest BCUT2D eigenvalue weighted by Gasteiger charge is 2.47. The number of carbonyl (C=O) groups excluding carboxylic acids is 1. The maximum absolute atomic E-state index is 12.2. The Morgan fingerprint density at radius 2 is 2.06 bits per heavy atom. The van der Waals surface area contributed by atoms with Crippen LogP contribution in [0.15, 0.2) is 18.2 Å². The molecule has 18 heavy (non-hydrogen) atoms. The van der Waals surface area contributed by atoms with Crippen LogP contribution in [0.5, 0.6) is 0 Å². The maximum Gasteiger partial charge on any atom is 0.237 e. The summed E-state index contributed by atoms with van der Waals surface area (Å²) in [5, 5.41) is 3.47. The Labute approximate surface area is 121 Å². The molecule has 6 heteroatoms. The van der Waals surface area contributed by atoms with Gasteiger partial charge in [0.05, 0.1) is 26.1 Å². The smallest absolute Gasteiger partial charge is 0.237 e. The van der Waals surface area contributed by atoms with E-state index >= 15 is 0 Å². The molecular formula is C12H12Cl2N2OS. The monoisotopic (exact) mass is 302 g/mol. The molecule has 0 spiro atoms. The number of carbonyl (C=O) groups is 1. The van der Waals surface area contributed by atoms with Gasteiger partial charge in [-0.05, 0) is 25.0 Å². The van der Waals surface area contributed by atoms with Crippen molar-refractivity contribution in [3.05, 3.63) is 28.2 Å². The Hall–Kier alpha value is -0.840. The van der Waals surface area contributed by atoms with Gasteiger partial charge in [-0.25, -0.2) is 0 Å². The average molecular weight is 303 g/mol. The number of nitrogens with one attached hydrogen (secondary N) is 1. The second kappa shape index (κ2) is 5.03. The van der Waals surface area contributed by atoms with Gasteiger partial charge < -0.3 is 11.1 Å². The minimum absolute atomic E-state index is 0.203. The van der Waals surface area contributed by atoms with E-state index in [4.69, 9.17) is 41.2 Å². The molecule has 96 valence electrons. The predicted octanol–water partition coefficient (Wildman–Crippen LogP) is 3.39. The van der Waals surface area contributed by atoms with E-state index in [2.05, 4.69) is 5.32 Å². The number of nitrogens with two attached hydrogens (primary N) is 1. The quantitative estimate of drug-likeness (QED) is 0.842. The first-order valence-corrected chi connectivity index (χ1v) is 6.69. The molecule has 0 atom stereocenters. The average Bonchev–Trinajstić information content (AvgIpc) is 2.22. The van der Waals surface area contributed by atoms with Gasteiger partial charge in [-0.15, -0.1) is 0 Å². The van der Waals surface area contributed by atoms with Crippen molar-refractivity contribution in [3.63, 3.8) is 0 Å². The van der Waals surface area contributed by atoms with E-state index in [1.165, 1.54) is 0 Å². The lowest BCUT2D eigenvalue weighted by atomic mass is 9.68. The Morgan fingerprint density at radius 1 is 1.39 bits per heavy atom. The number of thiocarbonyl (C=S) groups is 1. The van der Waals surface area contributed by atoms with Crippen molar-refractivity contribution < 1.29 is 4.79 Å². The van der Waals surface area contributed by atoms with Gasteiger partial charge in [-0.1, -0.05) is 47.9 Å². The SMILES string of the molecule is NC(=S)C1(C(=O)Nc2cccc(Cl)c2Cl)CCC1. The summed E-state index contributed by atoms with van der Waals surface area (Å²) in [7, 11) is 0. The van der Waals surface area contributed by atoms with E-state index in [0.29, 0.717) is 28.6 Å². The molecule has 1 aliphatic rings. The number of amides is 1. The summed E-state index contributed by atoms with van der Waals surface area (Å²) in [5.41, 5.74) is 5.43. The summed E-state index contributed by atoms with van der Waals surface area (Å²) in [6.45, 7) is 0. The van der Waals surface area contributed by atoms with Crippen LogP contribution in [0.4, 0.5) is 5.69 Å². The van der Waals surface area contributed by atoms with Crippen molar-refractivity contribution in [2.24, 2.45) is 11.1 Å². The van der Waals surface area contributed by atoms with Crippen molar-refractivity contribution in [2.75, 3.05) is 5.32 Å². The molecule has 0 aromatic heterocycles. The number of rotatable bonds is 3. The molecule has 0 heterocycles. The van der Waals surface area contributed by atoms with Crippen LogP contribution in [0.2, 0.25) is 10.0 Å². The van der Waals surface area contributed by atoms with Gasteiger partial charge in [0.25, 0.3) is 0 Å². The highest BCUT2D eigenvalue weighted by molar-refractivity contribution is 7.80. The number of halogens is 2. The number of benzene rings is 1. The topological polar surface area (TPSA) is 55.1 Å². The van der Waals surface area contributed by atoms with Gasteiger partial charge in [0.15, 0.2) is 0 Å². The van der Waals surface area contributed by atoms with E-state index in [1.807, 2.05) is 0 Å². The number of anilines is 1. The van der Waals surface area contributed by atoms with Gasteiger partial charge in [-0.2, -0.15) is 0 Å². The summed E-state index contributed by atoms with van der Waals surface area (Å²) < 4.78 is 0. The molecule has 1 saturated carbocycles. The van der Waals surface area contributed by atoms with Crippen LogP contribution in [0, 0.1) is 5.41 Å². The third kappa shape index (κ3) is 2.20. The Bertz CT molecular complexity index is 515. The van der Waals surface area contributed by atoms with Crippen LogP contribution in [-0.2, 0) is 4.79 Å². The van der Waals surface area contributed by atoms with Gasteiger partial charge in [0, 0.05) is 0 Å². The van der Waals surface area contributed by atoms with Crippen LogP contribution in [0.1, 0.15) is 19.3 Å². The van der Waals surface area contributed by atoms with E-state index < -0.39 is 5.41 Å². The molecule has 1 fully saturated rings. The lowest BCUT2D eigenvalue weighted by Crippen LogP contribution is -2.50. The Morgan fingerprint density at radius 3 is 2.56 bits per heavy atom. The molecule has 1 aromatic rings. The first-order chi connectivity index (χ1) is 8.47. The third-order valence-corrected chi connectivity index (χ3v) is 4.52. The van der Waals surface area contributed by atoms with E-state index in [-0.39, 0.29) is 10.9 Å². The second-order valence-corrected chi connectivity index (χ2v) is 5.58. The van der Waals surface area contributed by atoms with Crippen LogP contribution < -0.4 is 11.1 Å². The zero-order valence-electron chi connectivity index (χ0n) is 9.50. The predicted molar refractivity (Wildman–Crippen MR) is 78.2 cm³/mol. The van der Waals surface area contributed by atoms with Crippen molar-refractivity contribution in [2.45, 2.75) is 19.3 Å². The van der Waals surface area contributed by atoms with Crippen LogP contribution in [-0.4, -0.2) is 10.9 Å². The highest BCUT2D eigenvalue weighted by Crippen LogP contribution is 2.43. The molecule has 2 rings (SSSR count). The normalized spacial score (nSPS) is 16.8. The fourth-order valence-corrected chi connectivity index (χ4v) is 2.60. The van der Waals surface area contributed by atoms with Crippen molar-refractivity contribution >= 4 is 52.0 Å². The molecule has 0 aliphatic heterocycles. The van der Waals surface area contributed by atoms with Crippen molar-refractivity contribution in [1.29, 1.82) is 0 Å². The molecule has 3 N–H and O–H groups in total. The lowest BCUT2D eigenvalue weighted by molar-refractivity contribution is -0.125. The summed E-state index contributed by atoms with van der Waals surface area (Å²) >= 11 is 16.9. The summed E-state index contributed by atoms with van der Waals surface area (Å²) in [5.74, 6) is -0.203. The molecule has 0 saturated heterocycles. The maximum atomic E-state index is 12.2. The lowest BCUT2D eigenvalue weighted by Gasteiger charge is -2.39. The molecule has 0 bridgehead atoms. The van der Waals surface area contributed by atoms with Crippen LogP contribution in [0.25, 0.3) is 0 Å². The molecule has 1 aromatic carbocycles. The van der Waals surface area contributed by atoms with E-state index in [1.54, 1.807) is 18.2 Å². The number of hydrogen-bond acceptors (Lipinski definition) is 2. The zero-order valence-corrected chi connectivity index (χ0v) is 11.8. The minimum atomic E-state index is -0.721. The molecule has 0 radical (unpaired) electrons. The largest absolute Gasteiger partial charge is 0.392 e. The zero-order chi connectivity index (χ0) is 13.3. The van der Waals surface area contributed by atoms with Gasteiger partial charge >= 0.3 is 0 Å². The summed E-state index contributed by atoms with van der Waals surface area (Å²) in [6, 6.07) is 5.07. The van der Waals surface area contributed by atoms with E-state index in [9.17, 15) is 4.79 Å². The molecule has 0 unspecified atom stereocenters. The van der Waals surface area contributed by atoms with Crippen molar-refractivity contribution in [3.8, 4) is 0 Å². The minimum Gasteiger partial charge on any atom is -0.392 e. The third-order valence-electron chi connectivity index (χ3n) is 3.31. The fraction of sp³-hybridized carbons (Fsp3) is 0.333. The molecule has 1 aliphatic carbocycles. The Kier molecular flexibility index (Phi) is 3.80. The first kappa shape index (κ1) is 13.6. The standard InChI is InChI=1S/C12H12Cl2N2OS/c13-7-3-1-4-8(9(7)14)16-11(17)12(10(15)18)5-2-6-12/h1,3-4H,2,5-6H2,(H2,15,18)(H,16,17). The number of hydrogen-bond donors (Lipinski definition) is 2.